The first-order chi connectivity index (χ1) is 9.05. The Kier molecular flexibility index (Phi) is 3.04. The predicted octanol–water partition coefficient (Wildman–Crippen LogP) is 1.63. The van der Waals surface area contributed by atoms with E-state index in [2.05, 4.69) is 5.10 Å². The molecule has 2 heterocycles. The summed E-state index contributed by atoms with van der Waals surface area (Å²) in [4.78, 5) is -0.105. The van der Waals surface area contributed by atoms with Crippen LogP contribution in [0.15, 0.2) is 29.3 Å². The van der Waals surface area contributed by atoms with Crippen molar-refractivity contribution in [2.75, 3.05) is 13.2 Å². The van der Waals surface area contributed by atoms with Crippen LogP contribution in [0.2, 0.25) is 0 Å². The van der Waals surface area contributed by atoms with Gasteiger partial charge >= 0.3 is 0 Å². The maximum Gasteiger partial charge on any atom is 0.294 e. The van der Waals surface area contributed by atoms with E-state index in [0.717, 1.165) is 31.6 Å². The molecule has 0 bridgehead atoms. The molecule has 1 N–H and O–H groups in total. The van der Waals surface area contributed by atoms with E-state index in [-0.39, 0.29) is 10.9 Å². The monoisotopic (exact) mass is 282 g/mol. The summed E-state index contributed by atoms with van der Waals surface area (Å²) in [5.41, 5.74) is 0.874. The zero-order chi connectivity index (χ0) is 13.5. The SMILES string of the molecule is O=S(=O)(O)c1ccc2c(cnn2C2CCOCC2)c1. The second kappa shape index (κ2) is 4.59. The van der Waals surface area contributed by atoms with Crippen LogP contribution in [-0.2, 0) is 14.9 Å². The molecule has 1 fully saturated rings. The number of aromatic nitrogens is 2. The lowest BCUT2D eigenvalue weighted by Crippen LogP contribution is -2.20. The molecule has 0 saturated carbocycles. The minimum atomic E-state index is -4.17. The lowest BCUT2D eigenvalue weighted by Gasteiger charge is -2.23. The molecule has 0 atom stereocenters. The first-order valence-corrected chi connectivity index (χ1v) is 7.52. The number of benzene rings is 1. The number of hydrogen-bond donors (Lipinski definition) is 1. The molecular weight excluding hydrogens is 268 g/mol. The molecular formula is C12H14N2O4S. The van der Waals surface area contributed by atoms with Crippen molar-refractivity contribution in [1.82, 2.24) is 9.78 Å². The van der Waals surface area contributed by atoms with Gasteiger partial charge in [-0.25, -0.2) is 0 Å². The van der Waals surface area contributed by atoms with Gasteiger partial charge in [-0.15, -0.1) is 0 Å². The van der Waals surface area contributed by atoms with E-state index in [1.54, 1.807) is 12.3 Å². The average Bonchev–Trinajstić information content (AvgIpc) is 2.81. The summed E-state index contributed by atoms with van der Waals surface area (Å²) in [6.45, 7) is 1.43. The molecule has 0 unspecified atom stereocenters. The average molecular weight is 282 g/mol. The maximum atomic E-state index is 11.1. The van der Waals surface area contributed by atoms with Gasteiger partial charge in [-0.1, -0.05) is 0 Å². The number of fused-ring (bicyclic) bond motifs is 1. The van der Waals surface area contributed by atoms with E-state index in [9.17, 15) is 8.42 Å². The minimum absolute atomic E-state index is 0.105. The smallest absolute Gasteiger partial charge is 0.294 e. The van der Waals surface area contributed by atoms with Gasteiger partial charge in [0.05, 0.1) is 22.7 Å². The van der Waals surface area contributed by atoms with Gasteiger partial charge in [0, 0.05) is 18.6 Å². The third-order valence-corrected chi connectivity index (χ3v) is 4.25. The molecule has 1 aromatic heterocycles. The Morgan fingerprint density at radius 1 is 1.32 bits per heavy atom. The summed E-state index contributed by atoms with van der Waals surface area (Å²) in [6.07, 6.45) is 3.42. The van der Waals surface area contributed by atoms with Crippen LogP contribution in [0.4, 0.5) is 0 Å². The normalized spacial score (nSPS) is 17.9. The van der Waals surface area contributed by atoms with E-state index < -0.39 is 10.1 Å². The van der Waals surface area contributed by atoms with Gasteiger partial charge in [0.1, 0.15) is 0 Å². The second-order valence-corrected chi connectivity index (χ2v) is 6.05. The molecule has 3 rings (SSSR count). The molecule has 2 aromatic rings. The first kappa shape index (κ1) is 12.6. The first-order valence-electron chi connectivity index (χ1n) is 6.08. The highest BCUT2D eigenvalue weighted by atomic mass is 32.2. The summed E-state index contributed by atoms with van der Waals surface area (Å²) >= 11 is 0. The van der Waals surface area contributed by atoms with Crippen molar-refractivity contribution in [3.8, 4) is 0 Å². The number of hydrogen-bond acceptors (Lipinski definition) is 4. The third-order valence-electron chi connectivity index (χ3n) is 3.40. The van der Waals surface area contributed by atoms with Crippen LogP contribution in [0.25, 0.3) is 10.9 Å². The van der Waals surface area contributed by atoms with Gasteiger partial charge in [-0.2, -0.15) is 13.5 Å². The molecule has 7 heteroatoms. The Morgan fingerprint density at radius 2 is 2.05 bits per heavy atom. The van der Waals surface area contributed by atoms with E-state index in [1.165, 1.54) is 12.1 Å². The molecule has 19 heavy (non-hydrogen) atoms. The van der Waals surface area contributed by atoms with E-state index in [0.29, 0.717) is 5.39 Å². The van der Waals surface area contributed by atoms with Crippen LogP contribution in [-0.4, -0.2) is 36.0 Å². The Bertz CT molecular complexity index is 702. The molecule has 6 nitrogen and oxygen atoms in total. The standard InChI is InChI=1S/C12H14N2O4S/c15-19(16,17)11-1-2-12-9(7-11)8-13-14(12)10-3-5-18-6-4-10/h1-2,7-8,10H,3-6H2,(H,15,16,17). The summed E-state index contributed by atoms with van der Waals surface area (Å²) in [7, 11) is -4.17. The van der Waals surface area contributed by atoms with Gasteiger partial charge in [0.25, 0.3) is 10.1 Å². The molecule has 1 aliphatic heterocycles. The topological polar surface area (TPSA) is 81.4 Å². The molecule has 1 saturated heterocycles. The molecule has 0 amide bonds. The molecule has 1 aromatic carbocycles. The van der Waals surface area contributed by atoms with E-state index in [1.807, 2.05) is 4.68 Å². The largest absolute Gasteiger partial charge is 0.381 e. The zero-order valence-corrected chi connectivity index (χ0v) is 11.0. The van der Waals surface area contributed by atoms with Crippen molar-refractivity contribution in [3.63, 3.8) is 0 Å². The minimum Gasteiger partial charge on any atom is -0.381 e. The van der Waals surface area contributed by atoms with Crippen LogP contribution < -0.4 is 0 Å². The molecule has 0 radical (unpaired) electrons. The Balaban J connectivity index is 2.04. The quantitative estimate of drug-likeness (QED) is 0.847. The lowest BCUT2D eigenvalue weighted by atomic mass is 10.1. The van der Waals surface area contributed by atoms with Gasteiger partial charge < -0.3 is 4.74 Å². The number of ether oxygens (including phenoxy) is 1. The van der Waals surface area contributed by atoms with Crippen molar-refractivity contribution in [1.29, 1.82) is 0 Å². The fourth-order valence-corrected chi connectivity index (χ4v) is 2.93. The fourth-order valence-electron chi connectivity index (χ4n) is 2.41. The summed E-state index contributed by atoms with van der Waals surface area (Å²) < 4.78 is 38.5. The third kappa shape index (κ3) is 2.36. The van der Waals surface area contributed by atoms with Crippen molar-refractivity contribution in [2.24, 2.45) is 0 Å². The van der Waals surface area contributed by atoms with E-state index >= 15 is 0 Å². The molecule has 1 aliphatic rings. The van der Waals surface area contributed by atoms with Crippen molar-refractivity contribution < 1.29 is 17.7 Å². The number of nitrogens with zero attached hydrogens (tertiary/aromatic N) is 2. The fraction of sp³-hybridized carbons (Fsp3) is 0.417. The predicted molar refractivity (Wildman–Crippen MR) is 68.6 cm³/mol. The Morgan fingerprint density at radius 3 is 2.74 bits per heavy atom. The van der Waals surface area contributed by atoms with Gasteiger partial charge in [-0.05, 0) is 31.0 Å². The van der Waals surface area contributed by atoms with Crippen LogP contribution in [0, 0.1) is 0 Å². The maximum absolute atomic E-state index is 11.1. The summed E-state index contributed by atoms with van der Waals surface area (Å²) in [5.74, 6) is 0. The van der Waals surface area contributed by atoms with Crippen LogP contribution >= 0.6 is 0 Å². The zero-order valence-electron chi connectivity index (χ0n) is 10.2. The van der Waals surface area contributed by atoms with Gasteiger partial charge in [0.15, 0.2) is 0 Å². The summed E-state index contributed by atoms with van der Waals surface area (Å²) in [6, 6.07) is 4.80. The molecule has 102 valence electrons. The van der Waals surface area contributed by atoms with Crippen molar-refractivity contribution in [2.45, 2.75) is 23.8 Å². The molecule has 0 aliphatic carbocycles. The highest BCUT2D eigenvalue weighted by molar-refractivity contribution is 7.85. The van der Waals surface area contributed by atoms with Gasteiger partial charge in [-0.3, -0.25) is 9.23 Å². The van der Waals surface area contributed by atoms with Crippen LogP contribution in [0.1, 0.15) is 18.9 Å². The van der Waals surface area contributed by atoms with Crippen LogP contribution in [0.3, 0.4) is 0 Å². The molecule has 0 spiro atoms. The van der Waals surface area contributed by atoms with Crippen LogP contribution in [0.5, 0.6) is 0 Å². The highest BCUT2D eigenvalue weighted by Crippen LogP contribution is 2.26. The van der Waals surface area contributed by atoms with Gasteiger partial charge in [0.2, 0.25) is 0 Å². The second-order valence-electron chi connectivity index (χ2n) is 4.63. The van der Waals surface area contributed by atoms with Crippen molar-refractivity contribution in [3.05, 3.63) is 24.4 Å². The van der Waals surface area contributed by atoms with Crippen molar-refractivity contribution >= 4 is 21.0 Å². The Labute approximate surface area is 110 Å². The lowest BCUT2D eigenvalue weighted by molar-refractivity contribution is 0.0675. The Hall–Kier alpha value is -1.44. The number of rotatable bonds is 2. The van der Waals surface area contributed by atoms with E-state index in [4.69, 9.17) is 9.29 Å². The highest BCUT2D eigenvalue weighted by Gasteiger charge is 2.19. The summed E-state index contributed by atoms with van der Waals surface area (Å²) in [5, 5.41) is 5.04.